The second kappa shape index (κ2) is 8.39. The average Bonchev–Trinajstić information content (AvgIpc) is 2.65. The van der Waals surface area contributed by atoms with Gasteiger partial charge in [-0.25, -0.2) is 5.84 Å². The summed E-state index contributed by atoms with van der Waals surface area (Å²) in [7, 11) is 3.01. The minimum Gasteiger partial charge on any atom is -0.493 e. The van der Waals surface area contributed by atoms with Crippen LogP contribution in [0.15, 0.2) is 36.4 Å². The van der Waals surface area contributed by atoms with Crippen LogP contribution in [-0.2, 0) is 6.61 Å². The molecule has 134 valence electrons. The van der Waals surface area contributed by atoms with Gasteiger partial charge in [0, 0.05) is 5.56 Å². The molecule has 2 aromatic rings. The van der Waals surface area contributed by atoms with Crippen molar-refractivity contribution < 1.29 is 19.0 Å². The Morgan fingerprint density at radius 1 is 1.08 bits per heavy atom. The SMILES string of the molecule is COc1cc(C(=O)NN)cc(OC)c1OCc1ccc(C(C)C)cc1. The van der Waals surface area contributed by atoms with Gasteiger partial charge < -0.3 is 14.2 Å². The summed E-state index contributed by atoms with van der Waals surface area (Å²) in [6.07, 6.45) is 0. The van der Waals surface area contributed by atoms with E-state index in [4.69, 9.17) is 20.1 Å². The monoisotopic (exact) mass is 344 g/mol. The van der Waals surface area contributed by atoms with Crippen LogP contribution >= 0.6 is 0 Å². The van der Waals surface area contributed by atoms with Gasteiger partial charge in [0.15, 0.2) is 11.5 Å². The van der Waals surface area contributed by atoms with Crippen LogP contribution in [0, 0.1) is 0 Å². The summed E-state index contributed by atoms with van der Waals surface area (Å²) in [4.78, 5) is 11.7. The van der Waals surface area contributed by atoms with Crippen molar-refractivity contribution >= 4 is 5.91 Å². The third kappa shape index (κ3) is 4.42. The maximum atomic E-state index is 11.7. The van der Waals surface area contributed by atoms with Gasteiger partial charge in [-0.3, -0.25) is 10.2 Å². The molecule has 0 aromatic heterocycles. The van der Waals surface area contributed by atoms with E-state index >= 15 is 0 Å². The molecule has 2 rings (SSSR count). The lowest BCUT2D eigenvalue weighted by molar-refractivity contribution is 0.0952. The normalized spacial score (nSPS) is 10.5. The fraction of sp³-hybridized carbons (Fsp3) is 0.316. The van der Waals surface area contributed by atoms with Gasteiger partial charge in [0.2, 0.25) is 5.75 Å². The first-order chi connectivity index (χ1) is 12.0. The van der Waals surface area contributed by atoms with E-state index in [0.717, 1.165) is 5.56 Å². The molecule has 0 unspecified atom stereocenters. The number of ether oxygens (including phenoxy) is 3. The second-order valence-corrected chi connectivity index (χ2v) is 5.87. The van der Waals surface area contributed by atoms with Crippen LogP contribution in [0.1, 0.15) is 41.3 Å². The molecule has 0 fully saturated rings. The van der Waals surface area contributed by atoms with E-state index in [1.54, 1.807) is 12.1 Å². The molecule has 0 bridgehead atoms. The van der Waals surface area contributed by atoms with Gasteiger partial charge in [-0.05, 0) is 29.2 Å². The van der Waals surface area contributed by atoms with Gasteiger partial charge in [-0.15, -0.1) is 0 Å². The van der Waals surface area contributed by atoms with Crippen molar-refractivity contribution in [3.63, 3.8) is 0 Å². The van der Waals surface area contributed by atoms with Crippen LogP contribution in [0.2, 0.25) is 0 Å². The smallest absolute Gasteiger partial charge is 0.265 e. The van der Waals surface area contributed by atoms with Gasteiger partial charge >= 0.3 is 0 Å². The summed E-state index contributed by atoms with van der Waals surface area (Å²) in [5.74, 6) is 6.46. The number of benzene rings is 2. The maximum absolute atomic E-state index is 11.7. The second-order valence-electron chi connectivity index (χ2n) is 5.87. The first-order valence-corrected chi connectivity index (χ1v) is 7.98. The van der Waals surface area contributed by atoms with Crippen molar-refractivity contribution in [1.82, 2.24) is 5.43 Å². The van der Waals surface area contributed by atoms with Gasteiger partial charge in [0.05, 0.1) is 14.2 Å². The van der Waals surface area contributed by atoms with Crippen LogP contribution in [0.4, 0.5) is 0 Å². The van der Waals surface area contributed by atoms with E-state index in [0.29, 0.717) is 35.3 Å². The van der Waals surface area contributed by atoms with E-state index in [2.05, 4.69) is 31.4 Å². The van der Waals surface area contributed by atoms with E-state index in [1.165, 1.54) is 19.8 Å². The number of carbonyl (C=O) groups is 1. The molecule has 1 amide bonds. The Balaban J connectivity index is 2.24. The molecular weight excluding hydrogens is 320 g/mol. The zero-order chi connectivity index (χ0) is 18.4. The lowest BCUT2D eigenvalue weighted by Crippen LogP contribution is -2.30. The molecule has 6 heteroatoms. The minimum absolute atomic E-state index is 0.324. The van der Waals surface area contributed by atoms with Crippen LogP contribution in [-0.4, -0.2) is 20.1 Å². The summed E-state index contributed by atoms with van der Waals surface area (Å²) >= 11 is 0. The van der Waals surface area contributed by atoms with E-state index in [9.17, 15) is 4.79 Å². The Morgan fingerprint density at radius 3 is 2.08 bits per heavy atom. The summed E-state index contributed by atoms with van der Waals surface area (Å²) in [6.45, 7) is 4.66. The van der Waals surface area contributed by atoms with Crippen molar-refractivity contribution in [1.29, 1.82) is 0 Å². The lowest BCUT2D eigenvalue weighted by atomic mass is 10.0. The van der Waals surface area contributed by atoms with Crippen molar-refractivity contribution in [3.8, 4) is 17.2 Å². The van der Waals surface area contributed by atoms with Gasteiger partial charge in [0.25, 0.3) is 5.91 Å². The topological polar surface area (TPSA) is 82.8 Å². The van der Waals surface area contributed by atoms with Crippen LogP contribution in [0.5, 0.6) is 17.2 Å². The number of methoxy groups -OCH3 is 2. The number of hydrogen-bond donors (Lipinski definition) is 2. The number of hydrogen-bond acceptors (Lipinski definition) is 5. The predicted molar refractivity (Wildman–Crippen MR) is 96.1 cm³/mol. The summed E-state index contributed by atoms with van der Waals surface area (Å²) in [5, 5.41) is 0. The van der Waals surface area contributed by atoms with Crippen molar-refractivity contribution in [2.45, 2.75) is 26.4 Å². The van der Waals surface area contributed by atoms with E-state index in [-0.39, 0.29) is 0 Å². The predicted octanol–water partition coefficient (Wildman–Crippen LogP) is 3.01. The molecule has 3 N–H and O–H groups in total. The highest BCUT2D eigenvalue weighted by atomic mass is 16.5. The third-order valence-corrected chi connectivity index (χ3v) is 3.88. The van der Waals surface area contributed by atoms with Crippen LogP contribution in [0.3, 0.4) is 0 Å². The van der Waals surface area contributed by atoms with Crippen molar-refractivity contribution in [2.24, 2.45) is 5.84 Å². The van der Waals surface area contributed by atoms with Gasteiger partial charge in [-0.1, -0.05) is 38.1 Å². The number of carbonyl (C=O) groups excluding carboxylic acids is 1. The highest BCUT2D eigenvalue weighted by Gasteiger charge is 2.17. The molecule has 0 saturated carbocycles. The number of nitrogens with two attached hydrogens (primary N) is 1. The molecule has 0 radical (unpaired) electrons. The Bertz CT molecular complexity index is 702. The summed E-state index contributed by atoms with van der Waals surface area (Å²) in [6, 6.07) is 11.4. The first kappa shape index (κ1) is 18.6. The Hall–Kier alpha value is -2.73. The number of nitrogen functional groups attached to an aromatic ring is 1. The number of nitrogens with one attached hydrogen (secondary N) is 1. The molecule has 0 aliphatic rings. The highest BCUT2D eigenvalue weighted by molar-refractivity contribution is 5.95. The molecule has 0 aliphatic heterocycles. The highest BCUT2D eigenvalue weighted by Crippen LogP contribution is 2.39. The van der Waals surface area contributed by atoms with Gasteiger partial charge in [0.1, 0.15) is 6.61 Å². The number of hydrazine groups is 1. The third-order valence-electron chi connectivity index (χ3n) is 3.88. The molecule has 25 heavy (non-hydrogen) atoms. The molecule has 0 spiro atoms. The molecule has 0 atom stereocenters. The number of rotatable bonds is 7. The van der Waals surface area contributed by atoms with Crippen LogP contribution in [0.25, 0.3) is 0 Å². The molecule has 6 nitrogen and oxygen atoms in total. The Kier molecular flexibility index (Phi) is 6.25. The van der Waals surface area contributed by atoms with Crippen molar-refractivity contribution in [2.75, 3.05) is 14.2 Å². The molecule has 0 heterocycles. The zero-order valence-corrected chi connectivity index (χ0v) is 15.0. The molecule has 0 aliphatic carbocycles. The number of amides is 1. The van der Waals surface area contributed by atoms with E-state index in [1.807, 2.05) is 12.1 Å². The largest absolute Gasteiger partial charge is 0.493 e. The van der Waals surface area contributed by atoms with E-state index < -0.39 is 5.91 Å². The lowest BCUT2D eigenvalue weighted by Gasteiger charge is -2.16. The van der Waals surface area contributed by atoms with Gasteiger partial charge in [-0.2, -0.15) is 0 Å². The quantitative estimate of drug-likeness (QED) is 0.458. The fourth-order valence-electron chi connectivity index (χ4n) is 2.39. The first-order valence-electron chi connectivity index (χ1n) is 7.98. The Morgan fingerprint density at radius 2 is 1.64 bits per heavy atom. The summed E-state index contributed by atoms with van der Waals surface area (Å²) < 4.78 is 16.6. The zero-order valence-electron chi connectivity index (χ0n) is 15.0. The maximum Gasteiger partial charge on any atom is 0.265 e. The standard InChI is InChI=1S/C19H24N2O4/c1-12(2)14-7-5-13(6-8-14)11-25-18-16(23-3)9-15(19(22)21-20)10-17(18)24-4/h5-10,12H,11,20H2,1-4H3,(H,21,22). The molecule has 2 aromatic carbocycles. The molecular formula is C19H24N2O4. The Labute approximate surface area is 147 Å². The average molecular weight is 344 g/mol. The van der Waals surface area contributed by atoms with Crippen LogP contribution < -0.4 is 25.5 Å². The minimum atomic E-state index is -0.438. The fourth-order valence-corrected chi connectivity index (χ4v) is 2.39. The summed E-state index contributed by atoms with van der Waals surface area (Å²) in [5.41, 5.74) is 4.71. The van der Waals surface area contributed by atoms with Crippen molar-refractivity contribution in [3.05, 3.63) is 53.1 Å². The molecule has 0 saturated heterocycles.